The van der Waals surface area contributed by atoms with Crippen LogP contribution in [0.2, 0.25) is 5.02 Å². The van der Waals surface area contributed by atoms with Crippen LogP contribution < -0.4 is 21.3 Å². The molecule has 192 valence electrons. The van der Waals surface area contributed by atoms with Gasteiger partial charge in [0.1, 0.15) is 12.1 Å². The molecule has 1 aliphatic heterocycles. The minimum Gasteiger partial charge on any atom is -0.492 e. The van der Waals surface area contributed by atoms with E-state index in [4.69, 9.17) is 22.1 Å². The molecule has 0 spiro atoms. The van der Waals surface area contributed by atoms with Gasteiger partial charge >= 0.3 is 0 Å². The van der Waals surface area contributed by atoms with E-state index in [1.165, 1.54) is 19.2 Å². The molecule has 0 aliphatic carbocycles. The van der Waals surface area contributed by atoms with Gasteiger partial charge in [0.05, 0.1) is 29.4 Å². The molecule has 4 N–H and O–H groups in total. The van der Waals surface area contributed by atoms with Crippen LogP contribution in [-0.2, 0) is 0 Å². The number of nitrogens with one attached hydrogen (secondary N) is 2. The van der Waals surface area contributed by atoms with Crippen molar-refractivity contribution in [1.82, 2.24) is 20.3 Å². The lowest BCUT2D eigenvalue weighted by Crippen LogP contribution is -2.35. The predicted molar refractivity (Wildman–Crippen MR) is 148 cm³/mol. The summed E-state index contributed by atoms with van der Waals surface area (Å²) in [4.78, 5) is 24.8. The number of pyridine rings is 1. The summed E-state index contributed by atoms with van der Waals surface area (Å²) in [7, 11) is 0. The molecule has 2 aromatic carbocycles. The van der Waals surface area contributed by atoms with E-state index in [2.05, 4.69) is 26.3 Å². The normalized spacial score (nSPS) is 16.6. The molecule has 37 heavy (non-hydrogen) atoms. The molecule has 0 amide bonds. The number of aromatic nitrogens is 3. The number of ether oxygens (including phenoxy) is 1. The first-order chi connectivity index (χ1) is 17.9. The number of aryl methyl sites for hydroxylation is 2. The van der Waals surface area contributed by atoms with E-state index < -0.39 is 6.04 Å². The van der Waals surface area contributed by atoms with Crippen LogP contribution in [0.15, 0.2) is 53.7 Å². The third-order valence-corrected chi connectivity index (χ3v) is 7.31. The Balaban J connectivity index is 1.64. The molecule has 0 saturated carbocycles. The second-order valence-electron chi connectivity index (χ2n) is 9.85. The summed E-state index contributed by atoms with van der Waals surface area (Å²) in [6.07, 6.45) is 7.55. The molecule has 2 unspecified atom stereocenters. The van der Waals surface area contributed by atoms with Crippen LogP contribution in [0.5, 0.6) is 5.75 Å². The molecule has 3 heterocycles. The summed E-state index contributed by atoms with van der Waals surface area (Å²) >= 11 is 6.66. The Hall–Kier alpha value is -3.26. The number of rotatable bonds is 7. The fourth-order valence-electron chi connectivity index (χ4n) is 5.19. The van der Waals surface area contributed by atoms with E-state index in [0.717, 1.165) is 41.5 Å². The minimum absolute atomic E-state index is 0.216. The average molecular weight is 518 g/mol. The lowest BCUT2D eigenvalue weighted by Gasteiger charge is -2.24. The Labute approximate surface area is 221 Å². The number of fused-ring (bicyclic) bond motifs is 1. The van der Waals surface area contributed by atoms with E-state index in [0.29, 0.717) is 45.8 Å². The lowest BCUT2D eigenvalue weighted by molar-refractivity contribution is 0.271. The Morgan fingerprint density at radius 2 is 1.97 bits per heavy atom. The fourth-order valence-corrected chi connectivity index (χ4v) is 5.47. The third-order valence-electron chi connectivity index (χ3n) is 6.98. The quantitative estimate of drug-likeness (QED) is 0.310. The highest BCUT2D eigenvalue weighted by Crippen LogP contribution is 2.38. The highest BCUT2D eigenvalue weighted by molar-refractivity contribution is 6.32. The average Bonchev–Trinajstić information content (AvgIpc) is 2.88. The zero-order valence-corrected chi connectivity index (χ0v) is 21.9. The maximum absolute atomic E-state index is 13.5. The zero-order chi connectivity index (χ0) is 25.9. The molecule has 0 bridgehead atoms. The first kappa shape index (κ1) is 25.4. The number of halogens is 1. The van der Waals surface area contributed by atoms with Gasteiger partial charge in [-0.05, 0) is 69.0 Å². The highest BCUT2D eigenvalue weighted by atomic mass is 35.5. The number of hydrogen-bond donors (Lipinski definition) is 3. The Bertz CT molecular complexity index is 1440. The first-order valence-electron chi connectivity index (χ1n) is 12.8. The van der Waals surface area contributed by atoms with E-state index in [-0.39, 0.29) is 5.56 Å². The Morgan fingerprint density at radius 3 is 2.68 bits per heavy atom. The summed E-state index contributed by atoms with van der Waals surface area (Å²) in [5.41, 5.74) is 11.8. The summed E-state index contributed by atoms with van der Waals surface area (Å²) in [6, 6.07) is 11.4. The van der Waals surface area contributed by atoms with Crippen LogP contribution in [0.1, 0.15) is 54.1 Å². The monoisotopic (exact) mass is 517 g/mol. The first-order valence-corrected chi connectivity index (χ1v) is 13.1. The summed E-state index contributed by atoms with van der Waals surface area (Å²) in [5, 5.41) is 4.78. The van der Waals surface area contributed by atoms with Gasteiger partial charge in [-0.3, -0.25) is 4.79 Å². The van der Waals surface area contributed by atoms with Crippen molar-refractivity contribution < 1.29 is 4.74 Å². The van der Waals surface area contributed by atoms with Gasteiger partial charge in [-0.15, -0.1) is 0 Å². The molecular weight excluding hydrogens is 486 g/mol. The molecule has 1 fully saturated rings. The van der Waals surface area contributed by atoms with Crippen LogP contribution in [0, 0.1) is 13.8 Å². The number of benzene rings is 2. The lowest BCUT2D eigenvalue weighted by atomic mass is 9.97. The van der Waals surface area contributed by atoms with Crippen LogP contribution in [0.4, 0.5) is 0 Å². The Kier molecular flexibility index (Phi) is 7.55. The van der Waals surface area contributed by atoms with E-state index in [1.54, 1.807) is 18.3 Å². The van der Waals surface area contributed by atoms with Crippen molar-refractivity contribution >= 4 is 22.5 Å². The van der Waals surface area contributed by atoms with Gasteiger partial charge < -0.3 is 20.8 Å². The van der Waals surface area contributed by atoms with Gasteiger partial charge in [0.25, 0.3) is 5.56 Å². The van der Waals surface area contributed by atoms with Crippen LogP contribution >= 0.6 is 11.6 Å². The second kappa shape index (κ2) is 11.0. The summed E-state index contributed by atoms with van der Waals surface area (Å²) in [5.74, 6) is 0.548. The smallest absolute Gasteiger partial charge is 0.260 e. The molecule has 1 aliphatic rings. The largest absolute Gasteiger partial charge is 0.492 e. The minimum atomic E-state index is -0.559. The molecule has 2 atom stereocenters. The van der Waals surface area contributed by atoms with Crippen molar-refractivity contribution in [3.8, 4) is 16.9 Å². The van der Waals surface area contributed by atoms with Crippen molar-refractivity contribution in [2.45, 2.75) is 51.6 Å². The topological polar surface area (TPSA) is 106 Å². The van der Waals surface area contributed by atoms with Gasteiger partial charge in [0.2, 0.25) is 0 Å². The van der Waals surface area contributed by atoms with Crippen molar-refractivity contribution in [2.75, 3.05) is 13.2 Å². The van der Waals surface area contributed by atoms with Crippen LogP contribution in [0.25, 0.3) is 22.0 Å². The molecule has 4 aromatic rings. The van der Waals surface area contributed by atoms with Gasteiger partial charge in [-0.25, -0.2) is 9.97 Å². The van der Waals surface area contributed by atoms with E-state index >= 15 is 0 Å². The van der Waals surface area contributed by atoms with Crippen molar-refractivity contribution in [3.63, 3.8) is 0 Å². The molecule has 2 aromatic heterocycles. The summed E-state index contributed by atoms with van der Waals surface area (Å²) < 4.78 is 6.48. The number of piperidine rings is 1. The summed E-state index contributed by atoms with van der Waals surface area (Å²) in [6.45, 7) is 5.58. The number of nitrogens with zero attached hydrogens (tertiary/aromatic N) is 2. The second-order valence-corrected chi connectivity index (χ2v) is 10.3. The molecule has 5 rings (SSSR count). The predicted octanol–water partition coefficient (Wildman–Crippen LogP) is 5.21. The SMILES string of the molecule is Cc1cc(C)cc(-c2c(OCCC3CCCCN3)c3cc(C(N)c4ccncn4)c(Cl)cc3[nH]c2=O)c1. The number of hydrogen-bond acceptors (Lipinski definition) is 6. The highest BCUT2D eigenvalue weighted by Gasteiger charge is 2.22. The van der Waals surface area contributed by atoms with Crippen molar-refractivity contribution in [2.24, 2.45) is 5.73 Å². The Morgan fingerprint density at radius 1 is 1.16 bits per heavy atom. The molecule has 8 heteroatoms. The van der Waals surface area contributed by atoms with Crippen LogP contribution in [-0.4, -0.2) is 34.1 Å². The maximum Gasteiger partial charge on any atom is 0.260 e. The third kappa shape index (κ3) is 5.54. The fraction of sp³-hybridized carbons (Fsp3) is 0.345. The number of aromatic amines is 1. The van der Waals surface area contributed by atoms with Gasteiger partial charge in [0.15, 0.2) is 0 Å². The number of nitrogens with two attached hydrogens (primary N) is 1. The van der Waals surface area contributed by atoms with Gasteiger partial charge in [-0.1, -0.05) is 47.3 Å². The molecule has 0 radical (unpaired) electrons. The standard InChI is InChI=1S/C29H32ClN5O2/c1-17-11-18(2)13-19(12-17)26-28(37-10-7-20-5-3-4-8-33-20)22-14-21(23(30)15-25(22)35-29(26)36)27(31)24-6-9-32-16-34-24/h6,9,11-16,20,27,33H,3-5,7-8,10,31H2,1-2H3,(H,35,36). The maximum atomic E-state index is 13.5. The zero-order valence-electron chi connectivity index (χ0n) is 21.2. The van der Waals surface area contributed by atoms with Crippen molar-refractivity contribution in [3.05, 3.63) is 86.7 Å². The van der Waals surface area contributed by atoms with Crippen molar-refractivity contribution in [1.29, 1.82) is 0 Å². The van der Waals surface area contributed by atoms with Gasteiger partial charge in [0, 0.05) is 22.6 Å². The molecular formula is C29H32ClN5O2. The molecule has 7 nitrogen and oxygen atoms in total. The number of H-pyrrole nitrogens is 1. The van der Waals surface area contributed by atoms with Crippen LogP contribution in [0.3, 0.4) is 0 Å². The van der Waals surface area contributed by atoms with Gasteiger partial charge in [-0.2, -0.15) is 0 Å². The van der Waals surface area contributed by atoms with E-state index in [1.807, 2.05) is 32.0 Å². The molecule has 1 saturated heterocycles. The van der Waals surface area contributed by atoms with E-state index in [9.17, 15) is 4.79 Å².